The van der Waals surface area contributed by atoms with Gasteiger partial charge in [0, 0.05) is 12.5 Å². The summed E-state index contributed by atoms with van der Waals surface area (Å²) < 4.78 is 6.38. The highest BCUT2D eigenvalue weighted by Crippen LogP contribution is 2.34. The van der Waals surface area contributed by atoms with Gasteiger partial charge in [-0.2, -0.15) is 0 Å². The van der Waals surface area contributed by atoms with Crippen LogP contribution < -0.4 is 0 Å². The molecule has 1 amide bonds. The summed E-state index contributed by atoms with van der Waals surface area (Å²) >= 11 is 2.16. The van der Waals surface area contributed by atoms with E-state index < -0.39 is 5.60 Å². The molecule has 1 aliphatic heterocycles. The van der Waals surface area contributed by atoms with E-state index in [4.69, 9.17) is 11.2 Å². The van der Waals surface area contributed by atoms with Gasteiger partial charge < -0.3 is 9.72 Å². The fraction of sp³-hybridized carbons (Fsp3) is 0.571. The number of nitrogens with zero attached hydrogens (tertiary/aromatic N) is 2. The van der Waals surface area contributed by atoms with Crippen molar-refractivity contribution in [2.75, 3.05) is 6.54 Å². The number of nitrogens with one attached hydrogen (secondary N) is 1. The van der Waals surface area contributed by atoms with E-state index in [1.807, 2.05) is 20.8 Å². The number of likely N-dealkylation sites (tertiary alicyclic amines) is 1. The third-order valence-corrected chi connectivity index (χ3v) is 3.59. The number of H-pyrrole nitrogens is 1. The van der Waals surface area contributed by atoms with Gasteiger partial charge in [0.25, 0.3) is 0 Å². The molecule has 0 bridgehead atoms. The maximum absolute atomic E-state index is 12.3. The average Bonchev–Trinajstić information content (AvgIpc) is 2.92. The lowest BCUT2D eigenvalue weighted by molar-refractivity contribution is 0.0216. The highest BCUT2D eigenvalue weighted by molar-refractivity contribution is 14.1. The van der Waals surface area contributed by atoms with E-state index in [-0.39, 0.29) is 18.1 Å². The number of hydrogen-bond donors (Lipinski definition) is 1. The lowest BCUT2D eigenvalue weighted by atomic mass is 10.1. The van der Waals surface area contributed by atoms with Crippen molar-refractivity contribution in [3.8, 4) is 12.3 Å². The number of rotatable bonds is 1. The normalized spacial score (nSPS) is 22.6. The Hall–Kier alpha value is -1.23. The minimum absolute atomic E-state index is 0.0373. The highest BCUT2D eigenvalue weighted by atomic mass is 127. The van der Waals surface area contributed by atoms with Crippen LogP contribution in [0.1, 0.15) is 39.1 Å². The van der Waals surface area contributed by atoms with Gasteiger partial charge in [-0.05, 0) is 49.8 Å². The van der Waals surface area contributed by atoms with Crippen LogP contribution in [0.5, 0.6) is 0 Å². The largest absolute Gasteiger partial charge is 0.444 e. The number of imidazole rings is 1. The van der Waals surface area contributed by atoms with E-state index >= 15 is 0 Å². The Morgan fingerprint density at radius 3 is 2.85 bits per heavy atom. The smallest absolute Gasteiger partial charge is 0.410 e. The molecule has 6 heteroatoms. The zero-order valence-corrected chi connectivity index (χ0v) is 14.0. The second kappa shape index (κ2) is 5.64. The van der Waals surface area contributed by atoms with Gasteiger partial charge >= 0.3 is 6.09 Å². The Morgan fingerprint density at radius 1 is 1.65 bits per heavy atom. The van der Waals surface area contributed by atoms with Crippen molar-refractivity contribution in [2.45, 2.75) is 38.8 Å². The SMILES string of the molecule is C#C[C@H]1C[C@@H](c2ncc(I)[nH]2)N(C(=O)OC(C)(C)C)C1. The highest BCUT2D eigenvalue weighted by Gasteiger charge is 2.39. The molecule has 20 heavy (non-hydrogen) atoms. The fourth-order valence-electron chi connectivity index (χ4n) is 2.22. The monoisotopic (exact) mass is 387 g/mol. The molecule has 0 saturated carbocycles. The number of halogens is 1. The molecule has 2 atom stereocenters. The van der Waals surface area contributed by atoms with Crippen molar-refractivity contribution in [3.05, 3.63) is 15.7 Å². The third kappa shape index (κ3) is 3.45. The zero-order valence-electron chi connectivity index (χ0n) is 11.8. The summed E-state index contributed by atoms with van der Waals surface area (Å²) in [5, 5.41) is 0. The van der Waals surface area contributed by atoms with Gasteiger partial charge in [0.1, 0.15) is 11.4 Å². The Bertz CT molecular complexity index is 541. The van der Waals surface area contributed by atoms with Gasteiger partial charge in [-0.1, -0.05) is 0 Å². The first-order valence-electron chi connectivity index (χ1n) is 6.46. The summed E-state index contributed by atoms with van der Waals surface area (Å²) in [4.78, 5) is 21.5. The number of aromatic amines is 1. The van der Waals surface area contributed by atoms with Crippen molar-refractivity contribution in [3.63, 3.8) is 0 Å². The van der Waals surface area contributed by atoms with E-state index in [2.05, 4.69) is 38.5 Å². The van der Waals surface area contributed by atoms with Crippen LogP contribution in [-0.2, 0) is 4.74 Å². The van der Waals surface area contributed by atoms with Gasteiger partial charge in [-0.3, -0.25) is 4.90 Å². The summed E-state index contributed by atoms with van der Waals surface area (Å²) in [5.41, 5.74) is -0.520. The fourth-order valence-corrected chi connectivity index (χ4v) is 2.64. The van der Waals surface area contributed by atoms with Crippen LogP contribution in [0.25, 0.3) is 0 Å². The quantitative estimate of drug-likeness (QED) is 0.596. The summed E-state index contributed by atoms with van der Waals surface area (Å²) in [7, 11) is 0. The van der Waals surface area contributed by atoms with Crippen molar-refractivity contribution in [1.82, 2.24) is 14.9 Å². The third-order valence-electron chi connectivity index (χ3n) is 3.04. The van der Waals surface area contributed by atoms with Gasteiger partial charge in [0.05, 0.1) is 15.9 Å². The Balaban J connectivity index is 2.20. The standard InChI is InChI=1S/C14H18IN3O2/c1-5-9-6-10(12-16-7-11(15)17-12)18(8-9)13(19)20-14(2,3)4/h1,7,9-10H,6,8H2,2-4H3,(H,16,17)/t9-,10-/m0/s1. The van der Waals surface area contributed by atoms with Gasteiger partial charge in [0.15, 0.2) is 0 Å². The molecule has 2 heterocycles. The summed E-state index contributed by atoms with van der Waals surface area (Å²) in [6, 6.07) is -0.144. The molecule has 1 aliphatic rings. The van der Waals surface area contributed by atoms with Gasteiger partial charge in [-0.15, -0.1) is 12.3 Å². The van der Waals surface area contributed by atoms with Crippen molar-refractivity contribution in [1.29, 1.82) is 0 Å². The van der Waals surface area contributed by atoms with Crippen LogP contribution in [0, 0.1) is 22.0 Å². The Labute approximate surface area is 132 Å². The average molecular weight is 387 g/mol. The summed E-state index contributed by atoms with van der Waals surface area (Å²) in [5.74, 6) is 3.52. The van der Waals surface area contributed by atoms with Crippen LogP contribution in [0.3, 0.4) is 0 Å². The minimum atomic E-state index is -0.520. The van der Waals surface area contributed by atoms with Crippen LogP contribution in [0.15, 0.2) is 6.20 Å². The zero-order chi connectivity index (χ0) is 14.9. The van der Waals surface area contributed by atoms with Crippen LogP contribution in [0.2, 0.25) is 0 Å². The molecule has 1 fully saturated rings. The molecule has 1 N–H and O–H groups in total. The van der Waals surface area contributed by atoms with E-state index in [0.717, 1.165) is 9.53 Å². The molecular formula is C14H18IN3O2. The van der Waals surface area contributed by atoms with Crippen molar-refractivity contribution < 1.29 is 9.53 Å². The van der Waals surface area contributed by atoms with Crippen LogP contribution >= 0.6 is 22.6 Å². The van der Waals surface area contributed by atoms with Crippen molar-refractivity contribution >= 4 is 28.7 Å². The van der Waals surface area contributed by atoms with Gasteiger partial charge in [0.2, 0.25) is 0 Å². The van der Waals surface area contributed by atoms with Gasteiger partial charge in [-0.25, -0.2) is 9.78 Å². The molecule has 5 nitrogen and oxygen atoms in total. The first kappa shape index (κ1) is 15.2. The Morgan fingerprint density at radius 2 is 2.35 bits per heavy atom. The minimum Gasteiger partial charge on any atom is -0.444 e. The van der Waals surface area contributed by atoms with E-state index in [1.54, 1.807) is 11.1 Å². The molecular weight excluding hydrogens is 369 g/mol. The number of carbonyl (C=O) groups excluding carboxylic acids is 1. The number of terminal acetylenes is 1. The first-order chi connectivity index (χ1) is 9.30. The van der Waals surface area contributed by atoms with E-state index in [0.29, 0.717) is 13.0 Å². The lowest BCUT2D eigenvalue weighted by Crippen LogP contribution is -2.37. The number of amides is 1. The van der Waals surface area contributed by atoms with Crippen LogP contribution in [-0.4, -0.2) is 33.1 Å². The topological polar surface area (TPSA) is 58.2 Å². The Kier molecular flexibility index (Phi) is 4.28. The number of hydrogen-bond acceptors (Lipinski definition) is 3. The summed E-state index contributed by atoms with van der Waals surface area (Å²) in [6.07, 6.45) is 7.62. The number of carbonyl (C=O) groups is 1. The molecule has 1 saturated heterocycles. The molecule has 1 aromatic rings. The molecule has 2 rings (SSSR count). The molecule has 1 aromatic heterocycles. The van der Waals surface area contributed by atoms with E-state index in [1.165, 1.54) is 0 Å². The number of aromatic nitrogens is 2. The molecule has 0 spiro atoms. The van der Waals surface area contributed by atoms with Crippen LogP contribution in [0.4, 0.5) is 4.79 Å². The van der Waals surface area contributed by atoms with E-state index in [9.17, 15) is 4.79 Å². The second-order valence-corrected chi connectivity index (χ2v) is 7.03. The molecule has 0 radical (unpaired) electrons. The predicted molar refractivity (Wildman–Crippen MR) is 83.9 cm³/mol. The molecule has 0 aliphatic carbocycles. The summed E-state index contributed by atoms with van der Waals surface area (Å²) in [6.45, 7) is 6.06. The molecule has 108 valence electrons. The second-order valence-electron chi connectivity index (χ2n) is 5.86. The first-order valence-corrected chi connectivity index (χ1v) is 7.54. The lowest BCUT2D eigenvalue weighted by Gasteiger charge is -2.27. The van der Waals surface area contributed by atoms with Crippen molar-refractivity contribution in [2.24, 2.45) is 5.92 Å². The predicted octanol–water partition coefficient (Wildman–Crippen LogP) is 2.95. The molecule has 0 aromatic carbocycles. The molecule has 0 unspecified atom stereocenters. The maximum Gasteiger partial charge on any atom is 0.410 e. The maximum atomic E-state index is 12.3. The number of ether oxygens (including phenoxy) is 1.